The molecule has 0 radical (unpaired) electrons. The number of rotatable bonds is 9. The molecule has 2 unspecified atom stereocenters. The summed E-state index contributed by atoms with van der Waals surface area (Å²) in [4.78, 5) is 128. The van der Waals surface area contributed by atoms with Gasteiger partial charge in [-0.05, 0) is 37.1 Å². The van der Waals surface area contributed by atoms with Crippen LogP contribution in [0, 0.1) is 0 Å². The van der Waals surface area contributed by atoms with Crippen molar-refractivity contribution < 1.29 is 47.9 Å². The van der Waals surface area contributed by atoms with Crippen molar-refractivity contribution in [1.82, 2.24) is 35.4 Å². The summed E-state index contributed by atoms with van der Waals surface area (Å²) in [5.74, 6) is -6.64. The van der Waals surface area contributed by atoms with Gasteiger partial charge >= 0.3 is 0 Å². The van der Waals surface area contributed by atoms with Gasteiger partial charge in [-0.15, -0.1) is 5.10 Å². The molecular formula is C33H27N9O10. The van der Waals surface area contributed by atoms with E-state index in [4.69, 9.17) is 0 Å². The van der Waals surface area contributed by atoms with E-state index in [0.717, 1.165) is 9.80 Å². The number of carbonyl (C=O) groups is 10. The standard InChI is InChI=1S/C33H27N9O10/c43-22(34-18-5-1-3-16-26(18)32(51)41(30(16)49)20-8-11-23(44)36-28(20)47)10-7-15-13-40(39-38-15)14-25(46)35-19-6-2-4-17-27(19)33(52)42(31(17)50)21-9-12-24(45)37-29(21)48/h1-6,13,20-21H,7-12,14H2,(H,34,43)(H,35,46)(H,36,44,47)(H,37,45,48). The molecule has 7 rings (SSSR count). The van der Waals surface area contributed by atoms with Gasteiger partial charge in [-0.25, -0.2) is 4.68 Å². The van der Waals surface area contributed by atoms with E-state index in [0.29, 0.717) is 5.69 Å². The number of anilines is 2. The fourth-order valence-corrected chi connectivity index (χ4v) is 6.56. The summed E-state index contributed by atoms with van der Waals surface area (Å²) in [5.41, 5.74) is 0.312. The first-order valence-electron chi connectivity index (χ1n) is 16.1. The predicted octanol–water partition coefficient (Wildman–Crippen LogP) is -0.709. The van der Waals surface area contributed by atoms with Crippen molar-refractivity contribution in [2.75, 3.05) is 10.6 Å². The van der Waals surface area contributed by atoms with Crippen LogP contribution in [0.15, 0.2) is 42.6 Å². The minimum atomic E-state index is -1.17. The minimum absolute atomic E-state index is 0.00289. The molecule has 4 aliphatic rings. The molecule has 2 saturated heterocycles. The molecule has 2 aromatic carbocycles. The van der Waals surface area contributed by atoms with Crippen LogP contribution in [0.1, 0.15) is 79.2 Å². The highest BCUT2D eigenvalue weighted by Gasteiger charge is 2.47. The van der Waals surface area contributed by atoms with E-state index >= 15 is 0 Å². The molecule has 264 valence electrons. The summed E-state index contributed by atoms with van der Waals surface area (Å²) in [6.45, 7) is -0.349. The van der Waals surface area contributed by atoms with E-state index < -0.39 is 71.2 Å². The van der Waals surface area contributed by atoms with Crippen LogP contribution in [0.4, 0.5) is 11.4 Å². The van der Waals surface area contributed by atoms with Gasteiger partial charge in [0.1, 0.15) is 18.6 Å². The van der Waals surface area contributed by atoms with Crippen molar-refractivity contribution in [2.24, 2.45) is 0 Å². The Balaban J connectivity index is 0.952. The molecule has 4 N–H and O–H groups in total. The second-order valence-electron chi connectivity index (χ2n) is 12.4. The van der Waals surface area contributed by atoms with E-state index in [1.807, 2.05) is 0 Å². The third kappa shape index (κ3) is 5.97. The highest BCUT2D eigenvalue weighted by molar-refractivity contribution is 6.27. The van der Waals surface area contributed by atoms with Gasteiger partial charge in [0, 0.05) is 31.9 Å². The Morgan fingerprint density at radius 1 is 0.692 bits per heavy atom. The highest BCUT2D eigenvalue weighted by Crippen LogP contribution is 2.34. The van der Waals surface area contributed by atoms with E-state index in [-0.39, 0.29) is 78.7 Å². The van der Waals surface area contributed by atoms with E-state index in [9.17, 15) is 47.9 Å². The summed E-state index contributed by atoms with van der Waals surface area (Å²) < 4.78 is 1.20. The van der Waals surface area contributed by atoms with Crippen LogP contribution in [-0.2, 0) is 41.7 Å². The first-order valence-corrected chi connectivity index (χ1v) is 16.1. The molecule has 0 spiro atoms. The zero-order chi connectivity index (χ0) is 36.8. The maximum atomic E-state index is 13.3. The maximum Gasteiger partial charge on any atom is 0.264 e. The monoisotopic (exact) mass is 709 g/mol. The number of aryl methyl sites for hydroxylation is 1. The molecule has 1 aromatic heterocycles. The van der Waals surface area contributed by atoms with Gasteiger partial charge in [0.25, 0.3) is 23.6 Å². The SMILES string of the molecule is O=C1CCC(N2C(=O)c3cccc(NC(=O)CCc4cn(CC(=O)Nc5cccc6c5C(=O)N(C5CCC(=O)NC5=O)C6=O)nn4)c3C2=O)C(=O)N1. The Morgan fingerprint density at radius 3 is 1.69 bits per heavy atom. The average molecular weight is 710 g/mol. The second kappa shape index (κ2) is 13.1. The van der Waals surface area contributed by atoms with Crippen LogP contribution >= 0.6 is 0 Å². The third-order valence-corrected chi connectivity index (χ3v) is 8.98. The molecule has 10 amide bonds. The van der Waals surface area contributed by atoms with Crippen LogP contribution in [0.25, 0.3) is 0 Å². The lowest BCUT2D eigenvalue weighted by Gasteiger charge is -2.27. The van der Waals surface area contributed by atoms with Gasteiger partial charge in [0.05, 0.1) is 39.3 Å². The summed E-state index contributed by atoms with van der Waals surface area (Å²) in [6.07, 6.45) is 1.29. The Bertz CT molecular complexity index is 2180. The van der Waals surface area contributed by atoms with E-state index in [1.54, 1.807) is 0 Å². The van der Waals surface area contributed by atoms with E-state index in [1.165, 1.54) is 47.3 Å². The number of amides is 10. The number of fused-ring (bicyclic) bond motifs is 2. The molecule has 0 bridgehead atoms. The number of aromatic nitrogens is 3. The summed E-state index contributed by atoms with van der Waals surface area (Å²) in [5, 5.41) is 17.4. The summed E-state index contributed by atoms with van der Waals surface area (Å²) in [7, 11) is 0. The summed E-state index contributed by atoms with van der Waals surface area (Å²) in [6, 6.07) is 6.31. The average Bonchev–Trinajstić information content (AvgIpc) is 3.73. The van der Waals surface area contributed by atoms with Crippen molar-refractivity contribution >= 4 is 70.4 Å². The quantitative estimate of drug-likeness (QED) is 0.201. The first-order chi connectivity index (χ1) is 24.9. The normalized spacial score (nSPS) is 19.8. The fraction of sp³-hybridized carbons (Fsp3) is 0.273. The molecular weight excluding hydrogens is 682 g/mol. The number of hydrogen-bond donors (Lipinski definition) is 4. The molecule has 0 aliphatic carbocycles. The maximum absolute atomic E-state index is 13.3. The van der Waals surface area contributed by atoms with Crippen molar-refractivity contribution in [2.45, 2.75) is 57.2 Å². The number of carbonyl (C=O) groups excluding carboxylic acids is 10. The third-order valence-electron chi connectivity index (χ3n) is 8.98. The zero-order valence-corrected chi connectivity index (χ0v) is 27.0. The number of nitrogens with zero attached hydrogens (tertiary/aromatic N) is 5. The largest absolute Gasteiger partial charge is 0.325 e. The molecule has 52 heavy (non-hydrogen) atoms. The van der Waals surface area contributed by atoms with Crippen molar-refractivity contribution in [3.8, 4) is 0 Å². The Labute approximate surface area is 292 Å². The number of nitrogens with one attached hydrogen (secondary N) is 4. The minimum Gasteiger partial charge on any atom is -0.325 e. The van der Waals surface area contributed by atoms with Gasteiger partial charge in [-0.1, -0.05) is 17.3 Å². The number of imide groups is 4. The van der Waals surface area contributed by atoms with E-state index in [2.05, 4.69) is 31.6 Å². The molecule has 4 aliphatic heterocycles. The van der Waals surface area contributed by atoms with Crippen LogP contribution in [0.3, 0.4) is 0 Å². The van der Waals surface area contributed by atoms with Crippen LogP contribution < -0.4 is 21.3 Å². The second-order valence-corrected chi connectivity index (χ2v) is 12.4. The topological polar surface area (TPSA) is 256 Å². The Kier molecular flexibility index (Phi) is 8.45. The fourth-order valence-electron chi connectivity index (χ4n) is 6.56. The van der Waals surface area contributed by atoms with Gasteiger partial charge in [-0.2, -0.15) is 0 Å². The van der Waals surface area contributed by atoms with Gasteiger partial charge in [-0.3, -0.25) is 68.4 Å². The Hall–Kier alpha value is -6.92. The summed E-state index contributed by atoms with van der Waals surface area (Å²) >= 11 is 0. The van der Waals surface area contributed by atoms with Crippen LogP contribution in [-0.4, -0.2) is 95.9 Å². The van der Waals surface area contributed by atoms with Crippen molar-refractivity contribution in [1.29, 1.82) is 0 Å². The molecule has 2 atom stereocenters. The van der Waals surface area contributed by atoms with Gasteiger partial charge < -0.3 is 10.6 Å². The van der Waals surface area contributed by atoms with Crippen LogP contribution in [0.2, 0.25) is 0 Å². The predicted molar refractivity (Wildman–Crippen MR) is 172 cm³/mol. The Morgan fingerprint density at radius 2 is 1.19 bits per heavy atom. The molecule has 2 fully saturated rings. The first kappa shape index (κ1) is 33.6. The van der Waals surface area contributed by atoms with Gasteiger partial charge in [0.15, 0.2) is 0 Å². The molecule has 3 aromatic rings. The van der Waals surface area contributed by atoms with Crippen LogP contribution in [0.5, 0.6) is 0 Å². The molecule has 19 nitrogen and oxygen atoms in total. The van der Waals surface area contributed by atoms with Crippen molar-refractivity contribution in [3.05, 3.63) is 70.5 Å². The highest BCUT2D eigenvalue weighted by atomic mass is 16.2. The lowest BCUT2D eigenvalue weighted by atomic mass is 10.0. The number of hydrogen-bond acceptors (Lipinski definition) is 12. The molecule has 19 heteroatoms. The molecule has 0 saturated carbocycles. The lowest BCUT2D eigenvalue weighted by Crippen LogP contribution is -2.54. The molecule has 5 heterocycles. The van der Waals surface area contributed by atoms with Crippen molar-refractivity contribution in [3.63, 3.8) is 0 Å². The number of benzene rings is 2. The zero-order valence-electron chi connectivity index (χ0n) is 27.0. The number of piperidine rings is 2. The van der Waals surface area contributed by atoms with Gasteiger partial charge in [0.2, 0.25) is 35.4 Å². The lowest BCUT2D eigenvalue weighted by molar-refractivity contribution is -0.137. The smallest absolute Gasteiger partial charge is 0.264 e.